The summed E-state index contributed by atoms with van der Waals surface area (Å²) >= 11 is 0. The summed E-state index contributed by atoms with van der Waals surface area (Å²) in [6.07, 6.45) is 5.89. The van der Waals surface area contributed by atoms with Crippen LogP contribution in [0.1, 0.15) is 12.8 Å². The van der Waals surface area contributed by atoms with Gasteiger partial charge in [-0.15, -0.1) is 0 Å². The second kappa shape index (κ2) is 2.55. The van der Waals surface area contributed by atoms with Gasteiger partial charge in [-0.1, -0.05) is 6.08 Å². The molecule has 0 unspecified atom stereocenters. The molecule has 0 saturated carbocycles. The van der Waals surface area contributed by atoms with Crippen molar-refractivity contribution in [1.29, 1.82) is 0 Å². The van der Waals surface area contributed by atoms with E-state index in [0.717, 1.165) is 24.2 Å². The molecule has 0 aromatic heterocycles. The molecule has 50 valence electrons. The lowest BCUT2D eigenvalue weighted by atomic mass is 10.1. The minimum absolute atomic E-state index is 0.847. The van der Waals surface area contributed by atoms with E-state index in [4.69, 9.17) is 11.6 Å². The highest BCUT2D eigenvalue weighted by molar-refractivity contribution is 5.25. The summed E-state index contributed by atoms with van der Waals surface area (Å²) in [5, 5.41) is 0. The summed E-state index contributed by atoms with van der Waals surface area (Å²) in [4.78, 5) is 0. The molecule has 0 saturated heterocycles. The van der Waals surface area contributed by atoms with Crippen molar-refractivity contribution in [3.05, 3.63) is 23.5 Å². The molecule has 0 amide bonds. The van der Waals surface area contributed by atoms with Gasteiger partial charge in [0.1, 0.15) is 0 Å². The van der Waals surface area contributed by atoms with Crippen molar-refractivity contribution in [3.8, 4) is 0 Å². The minimum atomic E-state index is 0.847. The lowest BCUT2D eigenvalue weighted by Gasteiger charge is -2.09. The molecule has 0 aliphatic heterocycles. The molecule has 0 atom stereocenters. The fourth-order valence-electron chi connectivity index (χ4n) is 0.823. The summed E-state index contributed by atoms with van der Waals surface area (Å²) in [6.45, 7) is 0. The van der Waals surface area contributed by atoms with Crippen LogP contribution < -0.4 is 17.0 Å². The standard InChI is InChI=1S/C6H11N3/c7-5-3-1-2-4-6(5)9-8/h2,4,9H,1,3,7-8H2. The van der Waals surface area contributed by atoms with Gasteiger partial charge in [0.05, 0.1) is 5.70 Å². The topological polar surface area (TPSA) is 64.1 Å². The Balaban J connectivity index is 2.72. The van der Waals surface area contributed by atoms with Crippen molar-refractivity contribution in [2.45, 2.75) is 12.8 Å². The summed E-state index contributed by atoms with van der Waals surface area (Å²) < 4.78 is 0. The van der Waals surface area contributed by atoms with Crippen LogP contribution in [0.25, 0.3) is 0 Å². The SMILES string of the molecule is NNC1=C(N)CCC=C1. The van der Waals surface area contributed by atoms with Crippen LogP contribution >= 0.6 is 0 Å². The van der Waals surface area contributed by atoms with E-state index in [9.17, 15) is 0 Å². The molecule has 0 aromatic rings. The largest absolute Gasteiger partial charge is 0.400 e. The lowest BCUT2D eigenvalue weighted by molar-refractivity contribution is 0.827. The number of nitrogens with two attached hydrogens (primary N) is 2. The van der Waals surface area contributed by atoms with Crippen LogP contribution in [0.4, 0.5) is 0 Å². The summed E-state index contributed by atoms with van der Waals surface area (Å²) in [6, 6.07) is 0. The fraction of sp³-hybridized carbons (Fsp3) is 0.333. The van der Waals surface area contributed by atoms with Gasteiger partial charge in [-0.3, -0.25) is 5.84 Å². The van der Waals surface area contributed by atoms with Gasteiger partial charge in [-0.05, 0) is 18.9 Å². The zero-order valence-electron chi connectivity index (χ0n) is 5.22. The molecule has 3 nitrogen and oxygen atoms in total. The van der Waals surface area contributed by atoms with Gasteiger partial charge < -0.3 is 11.2 Å². The Morgan fingerprint density at radius 3 is 2.78 bits per heavy atom. The van der Waals surface area contributed by atoms with E-state index >= 15 is 0 Å². The third-order valence-corrected chi connectivity index (χ3v) is 1.37. The molecule has 1 aliphatic rings. The van der Waals surface area contributed by atoms with Crippen molar-refractivity contribution in [2.75, 3.05) is 0 Å². The molecule has 0 spiro atoms. The molecular weight excluding hydrogens is 114 g/mol. The van der Waals surface area contributed by atoms with Gasteiger partial charge in [0.25, 0.3) is 0 Å². The second-order valence-electron chi connectivity index (χ2n) is 2.02. The summed E-state index contributed by atoms with van der Waals surface area (Å²) in [7, 11) is 0. The average molecular weight is 125 g/mol. The molecule has 0 fully saturated rings. The van der Waals surface area contributed by atoms with Crippen molar-refractivity contribution in [2.24, 2.45) is 11.6 Å². The molecule has 5 N–H and O–H groups in total. The van der Waals surface area contributed by atoms with Crippen molar-refractivity contribution in [3.63, 3.8) is 0 Å². The molecule has 9 heavy (non-hydrogen) atoms. The Labute approximate surface area is 54.4 Å². The summed E-state index contributed by atoms with van der Waals surface area (Å²) in [5.74, 6) is 5.15. The third kappa shape index (κ3) is 1.23. The smallest absolute Gasteiger partial charge is 0.0669 e. The maximum atomic E-state index is 5.58. The van der Waals surface area contributed by atoms with Crippen LogP contribution in [0.5, 0.6) is 0 Å². The minimum Gasteiger partial charge on any atom is -0.400 e. The van der Waals surface area contributed by atoms with Crippen LogP contribution in [0, 0.1) is 0 Å². The fourth-order valence-corrected chi connectivity index (χ4v) is 0.823. The van der Waals surface area contributed by atoms with Gasteiger partial charge in [0, 0.05) is 5.70 Å². The van der Waals surface area contributed by atoms with Crippen LogP contribution in [0.15, 0.2) is 23.5 Å². The Kier molecular flexibility index (Phi) is 1.75. The number of allylic oxidation sites excluding steroid dienone is 3. The molecule has 1 rings (SSSR count). The van der Waals surface area contributed by atoms with Gasteiger partial charge in [0.15, 0.2) is 0 Å². The van der Waals surface area contributed by atoms with Gasteiger partial charge in [-0.25, -0.2) is 0 Å². The zero-order valence-corrected chi connectivity index (χ0v) is 5.22. The van der Waals surface area contributed by atoms with Crippen LogP contribution in [-0.2, 0) is 0 Å². The number of hydrazine groups is 1. The first-order chi connectivity index (χ1) is 4.34. The highest BCUT2D eigenvalue weighted by Gasteiger charge is 2.00. The predicted octanol–water partition coefficient (Wildman–Crippen LogP) is -0.0300. The summed E-state index contributed by atoms with van der Waals surface area (Å²) in [5.41, 5.74) is 9.79. The van der Waals surface area contributed by atoms with Crippen LogP contribution in [0.2, 0.25) is 0 Å². The van der Waals surface area contributed by atoms with Crippen molar-refractivity contribution in [1.82, 2.24) is 5.43 Å². The predicted molar refractivity (Wildman–Crippen MR) is 36.9 cm³/mol. The first kappa shape index (κ1) is 6.16. The second-order valence-corrected chi connectivity index (χ2v) is 2.02. The van der Waals surface area contributed by atoms with Gasteiger partial charge in [-0.2, -0.15) is 0 Å². The van der Waals surface area contributed by atoms with E-state index < -0.39 is 0 Å². The van der Waals surface area contributed by atoms with E-state index in [1.807, 2.05) is 12.2 Å². The van der Waals surface area contributed by atoms with E-state index in [2.05, 4.69) is 5.43 Å². The normalized spacial score (nSPS) is 18.3. The van der Waals surface area contributed by atoms with Gasteiger partial charge in [0.2, 0.25) is 0 Å². The van der Waals surface area contributed by atoms with Crippen molar-refractivity contribution < 1.29 is 0 Å². The number of hydrogen-bond acceptors (Lipinski definition) is 3. The molecule has 1 aliphatic carbocycles. The maximum absolute atomic E-state index is 5.58. The maximum Gasteiger partial charge on any atom is 0.0669 e. The van der Waals surface area contributed by atoms with Crippen LogP contribution in [0.3, 0.4) is 0 Å². The van der Waals surface area contributed by atoms with E-state index in [1.165, 1.54) is 0 Å². The Bertz CT molecular complexity index is 158. The van der Waals surface area contributed by atoms with Crippen molar-refractivity contribution >= 4 is 0 Å². The molecule has 0 radical (unpaired) electrons. The molecule has 0 bridgehead atoms. The molecular formula is C6H11N3. The van der Waals surface area contributed by atoms with Gasteiger partial charge >= 0.3 is 0 Å². The molecule has 0 heterocycles. The highest BCUT2D eigenvalue weighted by atomic mass is 15.2. The molecule has 3 heteroatoms. The average Bonchev–Trinajstić information content (AvgIpc) is 1.89. The Morgan fingerprint density at radius 2 is 2.33 bits per heavy atom. The Hall–Kier alpha value is -0.960. The molecule has 0 aromatic carbocycles. The number of nitrogens with one attached hydrogen (secondary N) is 1. The first-order valence-corrected chi connectivity index (χ1v) is 2.96. The zero-order chi connectivity index (χ0) is 6.69. The van der Waals surface area contributed by atoms with Crippen LogP contribution in [-0.4, -0.2) is 0 Å². The third-order valence-electron chi connectivity index (χ3n) is 1.37. The lowest BCUT2D eigenvalue weighted by Crippen LogP contribution is -2.24. The number of hydrogen-bond donors (Lipinski definition) is 3. The quantitative estimate of drug-likeness (QED) is 0.340. The number of rotatable bonds is 1. The van der Waals surface area contributed by atoms with E-state index in [0.29, 0.717) is 0 Å². The Morgan fingerprint density at radius 1 is 1.56 bits per heavy atom. The van der Waals surface area contributed by atoms with E-state index in [1.54, 1.807) is 0 Å². The monoisotopic (exact) mass is 125 g/mol. The van der Waals surface area contributed by atoms with E-state index in [-0.39, 0.29) is 0 Å². The highest BCUT2D eigenvalue weighted by Crippen LogP contribution is 2.10. The first-order valence-electron chi connectivity index (χ1n) is 2.96.